The van der Waals surface area contributed by atoms with Crippen molar-refractivity contribution in [1.82, 2.24) is 15.5 Å². The number of halogens is 1. The molecule has 0 saturated carbocycles. The minimum absolute atomic E-state index is 0.0306. The molecule has 2 N–H and O–H groups in total. The largest absolute Gasteiger partial charge is 0.365 e. The number of hydrogen-bond donors (Lipinski definition) is 2. The predicted octanol–water partition coefficient (Wildman–Crippen LogP) is 1.80. The molecule has 152 valence electrons. The summed E-state index contributed by atoms with van der Waals surface area (Å²) in [6.45, 7) is 8.95. The fraction of sp³-hybridized carbons (Fsp3) is 0.550. The number of nitrogens with zero attached hydrogens (tertiary/aromatic N) is 2. The molecule has 2 unspecified atom stereocenters. The molecular formula is C20H27FN4O3. The quantitative estimate of drug-likeness (QED) is 0.768. The van der Waals surface area contributed by atoms with Crippen molar-refractivity contribution in [3.63, 3.8) is 0 Å². The summed E-state index contributed by atoms with van der Waals surface area (Å²) in [6.07, 6.45) is 0.245. The molecule has 28 heavy (non-hydrogen) atoms. The number of amides is 4. The van der Waals surface area contributed by atoms with Crippen LogP contribution < -0.4 is 15.5 Å². The molecule has 0 aliphatic carbocycles. The first kappa shape index (κ1) is 20.1. The number of carbonyl (C=O) groups is 3. The van der Waals surface area contributed by atoms with Gasteiger partial charge in [-0.1, -0.05) is 6.92 Å². The van der Waals surface area contributed by atoms with E-state index in [1.807, 2.05) is 13.0 Å². The molecule has 7 nitrogen and oxygen atoms in total. The topological polar surface area (TPSA) is 81.8 Å². The minimum Gasteiger partial charge on any atom is -0.365 e. The van der Waals surface area contributed by atoms with Crippen LogP contribution in [-0.2, 0) is 9.59 Å². The Balaban J connectivity index is 1.63. The van der Waals surface area contributed by atoms with E-state index in [1.165, 1.54) is 6.07 Å². The molecular weight excluding hydrogens is 363 g/mol. The van der Waals surface area contributed by atoms with Crippen LogP contribution >= 0.6 is 0 Å². The molecule has 0 spiro atoms. The molecule has 0 bridgehead atoms. The highest BCUT2D eigenvalue weighted by Gasteiger charge is 2.44. The second kappa shape index (κ2) is 7.41. The summed E-state index contributed by atoms with van der Waals surface area (Å²) < 4.78 is 13.5. The molecule has 2 heterocycles. The lowest BCUT2D eigenvalue weighted by atomic mass is 9.89. The predicted molar refractivity (Wildman–Crippen MR) is 103 cm³/mol. The third-order valence-electron chi connectivity index (χ3n) is 5.67. The van der Waals surface area contributed by atoms with Gasteiger partial charge in [-0.15, -0.1) is 0 Å². The minimum atomic E-state index is -1.06. The Morgan fingerprint density at radius 2 is 2.07 bits per heavy atom. The zero-order valence-electron chi connectivity index (χ0n) is 16.7. The van der Waals surface area contributed by atoms with Gasteiger partial charge in [0.05, 0.1) is 0 Å². The van der Waals surface area contributed by atoms with Crippen molar-refractivity contribution >= 4 is 23.5 Å². The molecule has 0 radical (unpaired) electrons. The summed E-state index contributed by atoms with van der Waals surface area (Å²) in [6, 6.07) is 4.62. The van der Waals surface area contributed by atoms with Crippen molar-refractivity contribution in [2.75, 3.05) is 24.5 Å². The van der Waals surface area contributed by atoms with Gasteiger partial charge in [0.1, 0.15) is 11.4 Å². The number of hydrogen-bond acceptors (Lipinski definition) is 4. The van der Waals surface area contributed by atoms with Crippen LogP contribution in [-0.4, -0.2) is 54.0 Å². The molecule has 2 aliphatic rings. The van der Waals surface area contributed by atoms with Crippen LogP contribution in [0.4, 0.5) is 14.9 Å². The number of rotatable bonds is 4. The molecule has 0 aromatic heterocycles. The molecule has 2 fully saturated rings. The highest BCUT2D eigenvalue weighted by atomic mass is 19.1. The van der Waals surface area contributed by atoms with Crippen molar-refractivity contribution in [1.29, 1.82) is 0 Å². The van der Waals surface area contributed by atoms with E-state index in [9.17, 15) is 18.8 Å². The summed E-state index contributed by atoms with van der Waals surface area (Å²) >= 11 is 0. The molecule has 3 atom stereocenters. The fourth-order valence-corrected chi connectivity index (χ4v) is 4.08. The SMILES string of the molecule is Cc1cc(N2CCN(C(=O)C(C)CC3(C)NC(=O)NC3=O)C[C@@H]2C)ccc1F. The number of nitrogens with one attached hydrogen (secondary N) is 2. The molecule has 2 saturated heterocycles. The summed E-state index contributed by atoms with van der Waals surface area (Å²) in [5, 5.41) is 4.83. The second-order valence-corrected chi connectivity index (χ2v) is 8.11. The van der Waals surface area contributed by atoms with Crippen LogP contribution in [0.1, 0.15) is 32.8 Å². The first-order valence-corrected chi connectivity index (χ1v) is 9.56. The number of benzene rings is 1. The van der Waals surface area contributed by atoms with Crippen LogP contribution in [0.15, 0.2) is 18.2 Å². The maximum atomic E-state index is 13.5. The zero-order valence-corrected chi connectivity index (χ0v) is 16.7. The number of piperazine rings is 1. The van der Waals surface area contributed by atoms with Gasteiger partial charge in [-0.25, -0.2) is 9.18 Å². The lowest BCUT2D eigenvalue weighted by Crippen LogP contribution is -2.55. The van der Waals surface area contributed by atoms with E-state index in [2.05, 4.69) is 15.5 Å². The molecule has 1 aromatic carbocycles. The Bertz CT molecular complexity index is 815. The van der Waals surface area contributed by atoms with E-state index in [0.29, 0.717) is 25.2 Å². The lowest BCUT2D eigenvalue weighted by molar-refractivity contribution is -0.137. The van der Waals surface area contributed by atoms with Crippen LogP contribution in [0.2, 0.25) is 0 Å². The Morgan fingerprint density at radius 3 is 2.64 bits per heavy atom. The van der Waals surface area contributed by atoms with Gasteiger partial charge in [-0.05, 0) is 51.0 Å². The van der Waals surface area contributed by atoms with Gasteiger partial charge in [0.15, 0.2) is 0 Å². The van der Waals surface area contributed by atoms with Gasteiger partial charge < -0.3 is 15.1 Å². The normalized spacial score (nSPS) is 26.1. The summed E-state index contributed by atoms with van der Waals surface area (Å²) in [5.74, 6) is -1.06. The van der Waals surface area contributed by atoms with E-state index >= 15 is 0 Å². The maximum absolute atomic E-state index is 13.5. The Labute approximate surface area is 164 Å². The number of carbonyl (C=O) groups excluding carboxylic acids is 3. The van der Waals surface area contributed by atoms with Crippen molar-refractivity contribution in [3.8, 4) is 0 Å². The summed E-state index contributed by atoms with van der Waals surface area (Å²) in [7, 11) is 0. The van der Waals surface area contributed by atoms with Crippen LogP contribution in [0, 0.1) is 18.7 Å². The Hall–Kier alpha value is -2.64. The van der Waals surface area contributed by atoms with E-state index in [-0.39, 0.29) is 24.2 Å². The molecule has 8 heteroatoms. The Kier molecular flexibility index (Phi) is 5.32. The first-order valence-electron chi connectivity index (χ1n) is 9.56. The average molecular weight is 390 g/mol. The number of imide groups is 1. The third kappa shape index (κ3) is 3.81. The first-order chi connectivity index (χ1) is 13.1. The van der Waals surface area contributed by atoms with Crippen molar-refractivity contribution in [2.45, 2.75) is 45.7 Å². The molecule has 1 aromatic rings. The van der Waals surface area contributed by atoms with Gasteiger partial charge in [-0.3, -0.25) is 14.9 Å². The van der Waals surface area contributed by atoms with E-state index < -0.39 is 23.4 Å². The van der Waals surface area contributed by atoms with E-state index in [0.717, 1.165) is 5.69 Å². The lowest BCUT2D eigenvalue weighted by Gasteiger charge is -2.42. The second-order valence-electron chi connectivity index (χ2n) is 8.11. The number of aryl methyl sites for hydroxylation is 1. The standard InChI is InChI=1S/C20H27FN4O3/c1-12-9-15(5-6-16(12)21)25-8-7-24(11-14(25)3)17(26)13(2)10-20(4)18(27)22-19(28)23-20/h5-6,9,13-14H,7-8,10-11H2,1-4H3,(H2,22,23,27,28)/t13?,14-,20?/m0/s1. The molecule has 2 aliphatic heterocycles. The van der Waals surface area contributed by atoms with Crippen LogP contribution in [0.25, 0.3) is 0 Å². The van der Waals surface area contributed by atoms with Crippen LogP contribution in [0.5, 0.6) is 0 Å². The van der Waals surface area contributed by atoms with E-state index in [4.69, 9.17) is 0 Å². The van der Waals surface area contributed by atoms with Gasteiger partial charge >= 0.3 is 6.03 Å². The third-order valence-corrected chi connectivity index (χ3v) is 5.67. The highest BCUT2D eigenvalue weighted by Crippen LogP contribution is 2.26. The van der Waals surface area contributed by atoms with Gasteiger partial charge in [0.2, 0.25) is 5.91 Å². The van der Waals surface area contributed by atoms with Gasteiger partial charge in [0.25, 0.3) is 5.91 Å². The number of urea groups is 1. The van der Waals surface area contributed by atoms with Crippen LogP contribution in [0.3, 0.4) is 0 Å². The monoisotopic (exact) mass is 390 g/mol. The molecule has 4 amide bonds. The summed E-state index contributed by atoms with van der Waals surface area (Å²) in [5.41, 5.74) is 0.483. The van der Waals surface area contributed by atoms with Crippen molar-refractivity contribution < 1.29 is 18.8 Å². The zero-order chi connectivity index (χ0) is 20.6. The molecule has 3 rings (SSSR count). The Morgan fingerprint density at radius 1 is 1.36 bits per heavy atom. The van der Waals surface area contributed by atoms with E-state index in [1.54, 1.807) is 31.7 Å². The smallest absolute Gasteiger partial charge is 0.322 e. The average Bonchev–Trinajstić information content (AvgIpc) is 2.88. The number of anilines is 1. The summed E-state index contributed by atoms with van der Waals surface area (Å²) in [4.78, 5) is 40.3. The highest BCUT2D eigenvalue weighted by molar-refractivity contribution is 6.07. The van der Waals surface area contributed by atoms with Gasteiger partial charge in [0, 0.05) is 37.3 Å². The fourth-order valence-electron chi connectivity index (χ4n) is 4.08. The van der Waals surface area contributed by atoms with Gasteiger partial charge in [-0.2, -0.15) is 0 Å². The van der Waals surface area contributed by atoms with Crippen molar-refractivity contribution in [2.24, 2.45) is 5.92 Å². The van der Waals surface area contributed by atoms with Crippen molar-refractivity contribution in [3.05, 3.63) is 29.6 Å². The maximum Gasteiger partial charge on any atom is 0.322 e.